The summed E-state index contributed by atoms with van der Waals surface area (Å²) in [6.45, 7) is 9.36. The second-order valence-corrected chi connectivity index (χ2v) is 22.2. The van der Waals surface area contributed by atoms with Gasteiger partial charge in [0.05, 0.1) is 64.2 Å². The van der Waals surface area contributed by atoms with Crippen LogP contribution < -0.4 is 15.4 Å². The summed E-state index contributed by atoms with van der Waals surface area (Å²) < 4.78 is 33.7. The van der Waals surface area contributed by atoms with Gasteiger partial charge in [-0.15, -0.1) is 11.3 Å². The molecular formula is C55H66FN11O6S. The highest BCUT2D eigenvalue weighted by molar-refractivity contribution is 7.13. The number of likely N-dealkylation sites (tertiary alicyclic amines) is 1. The van der Waals surface area contributed by atoms with Gasteiger partial charge in [0.1, 0.15) is 30.3 Å². The average molecular weight is 1030 g/mol. The van der Waals surface area contributed by atoms with Crippen LogP contribution in [0.4, 0.5) is 4.39 Å². The molecule has 0 bridgehead atoms. The van der Waals surface area contributed by atoms with E-state index in [1.165, 1.54) is 4.90 Å². The van der Waals surface area contributed by atoms with Crippen molar-refractivity contribution >= 4 is 29.1 Å². The Hall–Kier alpha value is -6.75. The van der Waals surface area contributed by atoms with Crippen LogP contribution in [0.15, 0.2) is 72.8 Å². The summed E-state index contributed by atoms with van der Waals surface area (Å²) in [7, 11) is 3.80. The van der Waals surface area contributed by atoms with Crippen molar-refractivity contribution in [2.24, 2.45) is 31.3 Å². The normalized spacial score (nSPS) is 19.7. The number of ether oxygens (including phenoxy) is 2. The first-order chi connectivity index (χ1) is 35.5. The molecule has 3 atom stereocenters. The van der Waals surface area contributed by atoms with Gasteiger partial charge < -0.3 is 34.7 Å². The Labute approximate surface area is 435 Å². The molecular weight excluding hydrogens is 962 g/mol. The molecule has 2 aliphatic carbocycles. The van der Waals surface area contributed by atoms with Gasteiger partial charge in [-0.1, -0.05) is 45.0 Å². The molecule has 0 radical (unpaired) electrons. The number of carbonyl (C=O) groups is 3. The van der Waals surface area contributed by atoms with E-state index in [0.717, 1.165) is 87.7 Å². The van der Waals surface area contributed by atoms with E-state index in [-0.39, 0.29) is 32.4 Å². The fourth-order valence-corrected chi connectivity index (χ4v) is 10.9. The van der Waals surface area contributed by atoms with E-state index in [1.807, 2.05) is 93.8 Å². The van der Waals surface area contributed by atoms with Gasteiger partial charge in [0.15, 0.2) is 5.67 Å². The van der Waals surface area contributed by atoms with Crippen molar-refractivity contribution in [1.29, 1.82) is 5.26 Å². The van der Waals surface area contributed by atoms with E-state index in [0.29, 0.717) is 49.5 Å². The molecule has 390 valence electrons. The maximum atomic E-state index is 14.7. The van der Waals surface area contributed by atoms with Gasteiger partial charge in [0.2, 0.25) is 11.8 Å². The second kappa shape index (κ2) is 22.0. The predicted octanol–water partition coefficient (Wildman–Crippen LogP) is 7.24. The third-order valence-corrected chi connectivity index (χ3v) is 15.6. The van der Waals surface area contributed by atoms with Crippen molar-refractivity contribution in [2.75, 3.05) is 19.8 Å². The number of aliphatic hydroxyl groups excluding tert-OH is 1. The van der Waals surface area contributed by atoms with Crippen molar-refractivity contribution in [3.8, 4) is 44.8 Å². The molecule has 0 unspecified atom stereocenters. The summed E-state index contributed by atoms with van der Waals surface area (Å²) in [4.78, 5) is 52.8. The number of amides is 3. The Morgan fingerprint density at radius 2 is 1.68 bits per heavy atom. The van der Waals surface area contributed by atoms with E-state index < -0.39 is 47.0 Å². The SMILES string of the molecule is Cc1ncsc1-c1ccc(CNC(=O)[C@@H]2C[C@@H](O)CN2C(=O)[C@@H](NC(=O)C2(F)CC2)C(C)(C)C)c(OCC2CCC(COCc3nc(-c4cnn(C)c4)c(-c4ccc(C#N)cc4)n3CCc3cnn(C)c3)CC2)c1. The molecule has 3 aliphatic rings. The van der Waals surface area contributed by atoms with Crippen LogP contribution in [0.5, 0.6) is 5.75 Å². The molecule has 5 heterocycles. The average Bonchev–Trinajstić information content (AvgIpc) is 3.96. The van der Waals surface area contributed by atoms with Crippen LogP contribution in [0.1, 0.15) is 93.9 Å². The number of nitrogens with one attached hydrogen (secondary N) is 2. The van der Waals surface area contributed by atoms with Crippen molar-refractivity contribution in [1.82, 2.24) is 49.6 Å². The van der Waals surface area contributed by atoms with Crippen LogP contribution in [0.3, 0.4) is 0 Å². The number of aromatic nitrogens is 7. The first-order valence-corrected chi connectivity index (χ1v) is 26.4. The predicted molar refractivity (Wildman–Crippen MR) is 277 cm³/mol. The van der Waals surface area contributed by atoms with Crippen LogP contribution in [0.25, 0.3) is 33.0 Å². The lowest BCUT2D eigenvalue weighted by atomic mass is 9.83. The number of carbonyl (C=O) groups excluding carboxylic acids is 3. The number of imidazole rings is 1. The van der Waals surface area contributed by atoms with Gasteiger partial charge in [-0.3, -0.25) is 23.7 Å². The Kier molecular flexibility index (Phi) is 15.5. The van der Waals surface area contributed by atoms with Crippen LogP contribution in [-0.4, -0.2) is 105 Å². The highest BCUT2D eigenvalue weighted by atomic mass is 32.1. The second-order valence-electron chi connectivity index (χ2n) is 21.4. The van der Waals surface area contributed by atoms with Crippen LogP contribution in [-0.2, 0) is 59.3 Å². The van der Waals surface area contributed by atoms with Crippen molar-refractivity contribution in [3.63, 3.8) is 0 Å². The quantitative estimate of drug-likeness (QED) is 0.0737. The molecule has 1 aliphatic heterocycles. The number of β-amino-alcohol motifs (C(OH)–C–C–N with tert-alkyl or cyclic N) is 1. The van der Waals surface area contributed by atoms with Gasteiger partial charge in [0.25, 0.3) is 5.91 Å². The largest absolute Gasteiger partial charge is 0.493 e. The fourth-order valence-electron chi connectivity index (χ4n) is 10.1. The molecule has 3 fully saturated rings. The lowest BCUT2D eigenvalue weighted by Crippen LogP contribution is -2.59. The lowest BCUT2D eigenvalue weighted by molar-refractivity contribution is -0.145. The smallest absolute Gasteiger partial charge is 0.258 e. The molecule has 17 nitrogen and oxygen atoms in total. The third-order valence-electron chi connectivity index (χ3n) is 14.6. The Morgan fingerprint density at radius 3 is 2.31 bits per heavy atom. The Morgan fingerprint density at radius 1 is 0.973 bits per heavy atom. The topological polar surface area (TPSA) is 207 Å². The fraction of sp³-hybridized carbons (Fsp3) is 0.491. The van der Waals surface area contributed by atoms with Crippen molar-refractivity contribution in [3.05, 3.63) is 101 Å². The minimum Gasteiger partial charge on any atom is -0.493 e. The number of nitriles is 1. The van der Waals surface area contributed by atoms with E-state index in [9.17, 15) is 29.1 Å². The minimum absolute atomic E-state index is 0.0290. The number of alkyl halides is 1. The van der Waals surface area contributed by atoms with E-state index in [1.54, 1.807) is 41.5 Å². The first-order valence-electron chi connectivity index (χ1n) is 25.5. The van der Waals surface area contributed by atoms with E-state index in [2.05, 4.69) is 36.5 Å². The lowest BCUT2D eigenvalue weighted by Gasteiger charge is -2.35. The van der Waals surface area contributed by atoms with Crippen LogP contribution in [0.2, 0.25) is 0 Å². The maximum absolute atomic E-state index is 14.7. The zero-order valence-electron chi connectivity index (χ0n) is 43.0. The molecule has 2 saturated carbocycles. The number of nitrogens with zero attached hydrogens (tertiary/aromatic N) is 9. The van der Waals surface area contributed by atoms with Gasteiger partial charge in [-0.2, -0.15) is 15.5 Å². The maximum Gasteiger partial charge on any atom is 0.258 e. The molecule has 19 heteroatoms. The highest BCUT2D eigenvalue weighted by Gasteiger charge is 2.53. The van der Waals surface area contributed by atoms with Crippen LogP contribution >= 0.6 is 11.3 Å². The summed E-state index contributed by atoms with van der Waals surface area (Å²) in [5, 5.41) is 34.7. The number of benzene rings is 2. The third kappa shape index (κ3) is 11.9. The molecule has 6 aromatic rings. The van der Waals surface area contributed by atoms with Gasteiger partial charge >= 0.3 is 0 Å². The first kappa shape index (κ1) is 52.1. The van der Waals surface area contributed by atoms with Gasteiger partial charge in [-0.25, -0.2) is 14.4 Å². The monoisotopic (exact) mass is 1030 g/mol. The molecule has 74 heavy (non-hydrogen) atoms. The molecule has 1 saturated heterocycles. The summed E-state index contributed by atoms with van der Waals surface area (Å²) in [5.41, 5.74) is 6.95. The van der Waals surface area contributed by atoms with Crippen molar-refractivity contribution in [2.45, 2.75) is 123 Å². The molecule has 3 N–H and O–H groups in total. The number of aliphatic hydroxyl groups is 1. The zero-order valence-corrected chi connectivity index (χ0v) is 43.8. The summed E-state index contributed by atoms with van der Waals surface area (Å²) >= 11 is 1.55. The standard InChI is InChI=1S/C55H66FN11O6S/c1-34-49(74-33-59-34)40-15-16-41(25-58-51(69)44-22-43(68)29-67(44)52(70)50(54(2,3)4)63-53(71)55(56)18-19-55)45(21-40)73-31-37-9-7-36(8-10-37)30-72-32-46-62-47(42-26-61-65(6)28-42)48(39-13-11-35(23-57)12-14-39)66(46)20-17-38-24-60-64(5)27-38/h11-16,21,24,26-28,33,36-37,43-44,50,68H,7-10,17-20,22,25,29-32H2,1-6H3,(H,58,69)(H,63,71)/t36?,37?,43-,44+,50-/m1/s1. The molecule has 0 spiro atoms. The zero-order chi connectivity index (χ0) is 52.3. The Bertz CT molecular complexity index is 3010. The number of hydrogen-bond donors (Lipinski definition) is 3. The molecule has 3 amide bonds. The molecule has 9 rings (SSSR count). The number of aryl methyl sites for hydroxylation is 4. The van der Waals surface area contributed by atoms with E-state index >= 15 is 0 Å². The molecule has 4 aromatic heterocycles. The summed E-state index contributed by atoms with van der Waals surface area (Å²) in [6.07, 6.45) is 11.6. The molecule has 2 aromatic carbocycles. The minimum atomic E-state index is -1.97. The highest BCUT2D eigenvalue weighted by Crippen LogP contribution is 2.41. The number of halogens is 1. The van der Waals surface area contributed by atoms with E-state index in [4.69, 9.17) is 14.5 Å². The number of rotatable bonds is 19. The number of hydrogen-bond acceptors (Lipinski definition) is 12. The van der Waals surface area contributed by atoms with Crippen molar-refractivity contribution < 1.29 is 33.4 Å². The Balaban J connectivity index is 0.839. The van der Waals surface area contributed by atoms with Crippen LogP contribution in [0, 0.1) is 35.5 Å². The summed E-state index contributed by atoms with van der Waals surface area (Å²) in [5.74, 6) is 0.306. The number of thiazole rings is 1. The van der Waals surface area contributed by atoms with Gasteiger partial charge in [0, 0.05) is 75.8 Å². The van der Waals surface area contributed by atoms with Gasteiger partial charge in [-0.05, 0) is 98.4 Å². The summed E-state index contributed by atoms with van der Waals surface area (Å²) in [6, 6.07) is 13.7.